The summed E-state index contributed by atoms with van der Waals surface area (Å²) in [7, 11) is 0. The maximum absolute atomic E-state index is 11.8. The number of hydrogen-bond acceptors (Lipinski definition) is 4. The fourth-order valence-electron chi connectivity index (χ4n) is 4.06. The Balaban J connectivity index is 0.00000113. The molecule has 1 aliphatic carbocycles. The van der Waals surface area contributed by atoms with Crippen LogP contribution in [0, 0.1) is 11.8 Å². The second-order valence-electron chi connectivity index (χ2n) is 6.75. The van der Waals surface area contributed by atoms with E-state index < -0.39 is 5.97 Å². The Morgan fingerprint density at radius 3 is 2.96 bits per heavy atom. The van der Waals surface area contributed by atoms with Crippen LogP contribution in [-0.2, 0) is 13.0 Å². The lowest BCUT2D eigenvalue weighted by atomic mass is 9.81. The summed E-state index contributed by atoms with van der Waals surface area (Å²) in [4.78, 5) is 16.2. The molecule has 4 rings (SSSR count). The third-order valence-electron chi connectivity index (χ3n) is 5.22. The van der Waals surface area contributed by atoms with E-state index in [1.807, 2.05) is 12.3 Å². The van der Waals surface area contributed by atoms with Crippen LogP contribution in [0.2, 0.25) is 0 Å². The van der Waals surface area contributed by atoms with Gasteiger partial charge in [-0.25, -0.2) is 4.79 Å². The number of carboxylic acid groups (broad SMARTS) is 1. The molecule has 0 bridgehead atoms. The molecule has 0 aromatic carbocycles. The zero-order chi connectivity index (χ0) is 15.8. The average Bonchev–Trinajstić information content (AvgIpc) is 2.94. The number of allylic oxidation sites excluding steroid dienone is 1. The molecule has 1 saturated heterocycles. The third-order valence-corrected chi connectivity index (χ3v) is 5.22. The number of dihydropyridines is 1. The molecule has 2 N–H and O–H groups in total. The summed E-state index contributed by atoms with van der Waals surface area (Å²) in [5.41, 5.74) is 3.38. The normalized spacial score (nSPS) is 24.2. The number of aromatic carboxylic acids is 1. The molecule has 3 heterocycles. The molecule has 6 nitrogen and oxygen atoms in total. The van der Waals surface area contributed by atoms with Crippen LogP contribution in [0.15, 0.2) is 11.1 Å². The van der Waals surface area contributed by atoms with Gasteiger partial charge in [-0.3, -0.25) is 9.67 Å². The van der Waals surface area contributed by atoms with Gasteiger partial charge >= 0.3 is 5.97 Å². The van der Waals surface area contributed by atoms with Crippen molar-refractivity contribution in [3.63, 3.8) is 0 Å². The molecule has 25 heavy (non-hydrogen) atoms. The van der Waals surface area contributed by atoms with Gasteiger partial charge in [-0.05, 0) is 56.3 Å². The highest BCUT2D eigenvalue weighted by molar-refractivity contribution is 5.93. The van der Waals surface area contributed by atoms with Crippen LogP contribution in [0.5, 0.6) is 0 Å². The summed E-state index contributed by atoms with van der Waals surface area (Å²) in [5.74, 6) is 0.000727. The summed E-state index contributed by atoms with van der Waals surface area (Å²) in [5, 5.41) is 17.8. The van der Waals surface area contributed by atoms with Gasteiger partial charge in [0, 0.05) is 30.8 Å². The first-order chi connectivity index (χ1) is 11.2. The van der Waals surface area contributed by atoms with Gasteiger partial charge in [0.1, 0.15) is 5.69 Å². The molecule has 0 amide bonds. The lowest BCUT2D eigenvalue weighted by Gasteiger charge is -2.25. The molecule has 2 atom stereocenters. The zero-order valence-electron chi connectivity index (χ0n) is 13.6. The predicted molar refractivity (Wildman–Crippen MR) is 102 cm³/mol. The molecule has 2 aliphatic heterocycles. The predicted octanol–water partition coefficient (Wildman–Crippen LogP) is 2.67. The van der Waals surface area contributed by atoms with Crippen molar-refractivity contribution in [2.75, 3.05) is 19.6 Å². The molecule has 138 valence electrons. The minimum absolute atomic E-state index is 0. The van der Waals surface area contributed by atoms with Gasteiger partial charge in [0.25, 0.3) is 0 Å². The second kappa shape index (κ2) is 8.15. The van der Waals surface area contributed by atoms with Crippen molar-refractivity contribution in [2.24, 2.45) is 16.8 Å². The Morgan fingerprint density at radius 1 is 1.40 bits per heavy atom. The monoisotopic (exact) mass is 366 g/mol. The summed E-state index contributed by atoms with van der Waals surface area (Å²) >= 11 is 0. The number of hydrogen-bond donors (Lipinski definition) is 2. The topological polar surface area (TPSA) is 79.5 Å². The van der Waals surface area contributed by atoms with Crippen molar-refractivity contribution in [1.29, 1.82) is 0 Å². The molecule has 1 aromatic heterocycles. The van der Waals surface area contributed by atoms with Crippen molar-refractivity contribution < 1.29 is 9.90 Å². The standard InChI is InChI=1S/C17H22N4O2.CH4.ClH/c22-17(23)16-14-4-3-12-9-19-7-5-13(12)15(14)20-21(16)10-11-2-1-6-18-8-11;;/h5,7,11-12,18H,1-4,6,8-10H2,(H,22,23);1H4;1H. The van der Waals surface area contributed by atoms with Crippen molar-refractivity contribution in [3.8, 4) is 0 Å². The van der Waals surface area contributed by atoms with Crippen molar-refractivity contribution >= 4 is 30.2 Å². The fourth-order valence-corrected chi connectivity index (χ4v) is 4.06. The molecule has 3 aliphatic rings. The fraction of sp³-hybridized carbons (Fsp3) is 0.611. The van der Waals surface area contributed by atoms with Gasteiger partial charge < -0.3 is 10.4 Å². The Labute approximate surface area is 154 Å². The number of aliphatic imine (C=N–C) groups is 1. The Hall–Kier alpha value is -1.66. The first-order valence-electron chi connectivity index (χ1n) is 8.48. The molecular formula is C18H27ClN4O2. The van der Waals surface area contributed by atoms with Gasteiger partial charge in [0.2, 0.25) is 0 Å². The van der Waals surface area contributed by atoms with Crippen molar-refractivity contribution in [3.05, 3.63) is 23.0 Å². The maximum atomic E-state index is 11.8. The van der Waals surface area contributed by atoms with Crippen LogP contribution < -0.4 is 5.32 Å². The number of nitrogens with zero attached hydrogens (tertiary/aromatic N) is 3. The van der Waals surface area contributed by atoms with Gasteiger partial charge in [0.05, 0.1) is 5.69 Å². The van der Waals surface area contributed by atoms with E-state index in [1.54, 1.807) is 4.68 Å². The number of carboxylic acids is 1. The van der Waals surface area contributed by atoms with Crippen LogP contribution in [0.25, 0.3) is 5.57 Å². The highest BCUT2D eigenvalue weighted by atomic mass is 35.5. The van der Waals surface area contributed by atoms with Gasteiger partial charge in [-0.1, -0.05) is 7.43 Å². The molecule has 2 unspecified atom stereocenters. The van der Waals surface area contributed by atoms with E-state index in [9.17, 15) is 9.90 Å². The number of nitrogens with one attached hydrogen (secondary N) is 1. The summed E-state index contributed by atoms with van der Waals surface area (Å²) in [6.07, 6.45) is 7.87. The lowest BCUT2D eigenvalue weighted by molar-refractivity contribution is 0.0679. The van der Waals surface area contributed by atoms with Crippen LogP contribution in [-0.4, -0.2) is 46.7 Å². The molecule has 0 radical (unpaired) electrons. The number of piperidine rings is 1. The van der Waals surface area contributed by atoms with E-state index in [-0.39, 0.29) is 19.8 Å². The van der Waals surface area contributed by atoms with Crippen LogP contribution in [0.1, 0.15) is 48.4 Å². The van der Waals surface area contributed by atoms with Crippen LogP contribution in [0.3, 0.4) is 0 Å². The van der Waals surface area contributed by atoms with E-state index in [0.717, 1.165) is 56.6 Å². The van der Waals surface area contributed by atoms with Gasteiger partial charge in [-0.15, -0.1) is 12.4 Å². The Morgan fingerprint density at radius 2 is 2.24 bits per heavy atom. The zero-order valence-corrected chi connectivity index (χ0v) is 14.4. The largest absolute Gasteiger partial charge is 0.477 e. The first-order valence-corrected chi connectivity index (χ1v) is 8.48. The second-order valence-corrected chi connectivity index (χ2v) is 6.75. The highest BCUT2D eigenvalue weighted by Crippen LogP contribution is 2.37. The molecule has 1 fully saturated rings. The Bertz CT molecular complexity index is 689. The van der Waals surface area contributed by atoms with Crippen LogP contribution in [0.4, 0.5) is 0 Å². The lowest BCUT2D eigenvalue weighted by Crippen LogP contribution is -2.33. The van der Waals surface area contributed by atoms with E-state index >= 15 is 0 Å². The quantitative estimate of drug-likeness (QED) is 0.861. The molecule has 1 aromatic rings. The number of halogens is 1. The average molecular weight is 367 g/mol. The van der Waals surface area contributed by atoms with Crippen LogP contribution >= 0.6 is 12.4 Å². The number of carbonyl (C=O) groups is 1. The third kappa shape index (κ3) is 3.65. The summed E-state index contributed by atoms with van der Waals surface area (Å²) < 4.78 is 1.75. The number of rotatable bonds is 3. The van der Waals surface area contributed by atoms with Crippen molar-refractivity contribution in [1.82, 2.24) is 15.1 Å². The van der Waals surface area contributed by atoms with Crippen molar-refractivity contribution in [2.45, 2.75) is 39.7 Å². The summed E-state index contributed by atoms with van der Waals surface area (Å²) in [6.45, 7) is 3.49. The maximum Gasteiger partial charge on any atom is 0.354 e. The van der Waals surface area contributed by atoms with Gasteiger partial charge in [0.15, 0.2) is 0 Å². The molecule has 7 heteroatoms. The smallest absolute Gasteiger partial charge is 0.354 e. The number of aromatic nitrogens is 2. The molecular weight excluding hydrogens is 340 g/mol. The Kier molecular flexibility index (Phi) is 6.41. The van der Waals surface area contributed by atoms with E-state index in [2.05, 4.69) is 10.3 Å². The minimum Gasteiger partial charge on any atom is -0.477 e. The molecule has 0 saturated carbocycles. The van der Waals surface area contributed by atoms with E-state index in [1.165, 1.54) is 5.57 Å². The van der Waals surface area contributed by atoms with E-state index in [0.29, 0.717) is 24.1 Å². The SMILES string of the molecule is C.Cl.O=C(O)c1c2c(nn1CC1CCCNC1)C1=CC=NCC1CC2. The highest BCUT2D eigenvalue weighted by Gasteiger charge is 2.33. The molecule has 0 spiro atoms. The minimum atomic E-state index is -0.856. The number of fused-ring (bicyclic) bond motifs is 3. The van der Waals surface area contributed by atoms with E-state index in [4.69, 9.17) is 5.10 Å². The van der Waals surface area contributed by atoms with Gasteiger partial charge in [-0.2, -0.15) is 5.10 Å². The first kappa shape index (κ1) is 19.7. The summed E-state index contributed by atoms with van der Waals surface area (Å²) in [6, 6.07) is 0.